The molecule has 20 heavy (non-hydrogen) atoms. The molecule has 7 heteroatoms. The van der Waals surface area contributed by atoms with Crippen LogP contribution in [0.25, 0.3) is 0 Å². The van der Waals surface area contributed by atoms with E-state index in [-0.39, 0.29) is 18.6 Å². The van der Waals surface area contributed by atoms with Crippen LogP contribution in [0, 0.1) is 0 Å². The molecule has 0 aromatic heterocycles. The average Bonchev–Trinajstić information content (AvgIpc) is 2.38. The van der Waals surface area contributed by atoms with Gasteiger partial charge in [0, 0.05) is 17.5 Å². The fourth-order valence-corrected chi connectivity index (χ4v) is 3.33. The van der Waals surface area contributed by atoms with Crippen LogP contribution in [0.15, 0.2) is 24.3 Å². The van der Waals surface area contributed by atoms with Gasteiger partial charge in [-0.2, -0.15) is 0 Å². The minimum Gasteiger partial charge on any atom is -0.469 e. The van der Waals surface area contributed by atoms with Crippen molar-refractivity contribution in [3.63, 3.8) is 0 Å². The van der Waals surface area contributed by atoms with E-state index < -0.39 is 22.0 Å². The van der Waals surface area contributed by atoms with E-state index in [9.17, 15) is 13.2 Å². The molecule has 112 valence electrons. The Morgan fingerprint density at radius 3 is 2.65 bits per heavy atom. The highest BCUT2D eigenvalue weighted by Gasteiger charge is 2.17. The molecule has 0 unspecified atom stereocenters. The van der Waals surface area contributed by atoms with E-state index in [1.807, 2.05) is 0 Å². The third kappa shape index (κ3) is 5.48. The number of halogens is 1. The van der Waals surface area contributed by atoms with E-state index in [4.69, 9.17) is 11.6 Å². The van der Waals surface area contributed by atoms with E-state index in [2.05, 4.69) is 9.46 Å². The highest BCUT2D eigenvalue weighted by Crippen LogP contribution is 2.22. The number of hydrogen-bond donors (Lipinski definition) is 1. The van der Waals surface area contributed by atoms with Gasteiger partial charge < -0.3 is 4.74 Å². The van der Waals surface area contributed by atoms with Crippen LogP contribution in [0.5, 0.6) is 0 Å². The molecule has 1 rings (SSSR count). The summed E-state index contributed by atoms with van der Waals surface area (Å²) >= 11 is 6.02. The summed E-state index contributed by atoms with van der Waals surface area (Å²) in [5.74, 6) is -0.545. The lowest BCUT2D eigenvalue weighted by Crippen LogP contribution is -2.29. The predicted molar refractivity (Wildman–Crippen MR) is 78.0 cm³/mol. The number of rotatable bonds is 7. The van der Waals surface area contributed by atoms with Crippen LogP contribution in [0.1, 0.15) is 31.4 Å². The standard InChI is InChI=1S/C13H18ClNO4S/c1-10(11-6-3-4-7-12(11)14)15-20(17,18)9-5-8-13(16)19-2/h3-4,6-7,10,15H,5,8-9H2,1-2H3/t10-/m0/s1. The maximum Gasteiger partial charge on any atom is 0.305 e. The van der Waals surface area contributed by atoms with Crippen molar-refractivity contribution < 1.29 is 17.9 Å². The molecule has 5 nitrogen and oxygen atoms in total. The summed E-state index contributed by atoms with van der Waals surface area (Å²) < 4.78 is 30.8. The summed E-state index contributed by atoms with van der Waals surface area (Å²) in [7, 11) is -2.19. The number of ether oxygens (including phenoxy) is 1. The zero-order valence-electron chi connectivity index (χ0n) is 11.4. The second-order valence-corrected chi connectivity index (χ2v) is 6.64. The minimum absolute atomic E-state index is 0.0812. The van der Waals surface area contributed by atoms with E-state index in [0.29, 0.717) is 10.6 Å². The molecule has 0 saturated carbocycles. The van der Waals surface area contributed by atoms with Crippen LogP contribution < -0.4 is 4.72 Å². The number of methoxy groups -OCH3 is 1. The van der Waals surface area contributed by atoms with Gasteiger partial charge in [-0.15, -0.1) is 0 Å². The summed E-state index contributed by atoms with van der Waals surface area (Å²) in [5, 5.41) is 0.511. The van der Waals surface area contributed by atoms with Crippen LogP contribution in [0.4, 0.5) is 0 Å². The molecule has 0 heterocycles. The van der Waals surface area contributed by atoms with E-state index >= 15 is 0 Å². The third-order valence-corrected chi connectivity index (χ3v) is 4.63. The lowest BCUT2D eigenvalue weighted by molar-refractivity contribution is -0.140. The quantitative estimate of drug-likeness (QED) is 0.783. The van der Waals surface area contributed by atoms with Crippen LogP contribution in [-0.4, -0.2) is 27.2 Å². The Kier molecular flexibility index (Phi) is 6.45. The Labute approximate surface area is 124 Å². The minimum atomic E-state index is -3.47. The molecule has 1 aromatic carbocycles. The maximum atomic E-state index is 11.9. The zero-order chi connectivity index (χ0) is 15.2. The summed E-state index contributed by atoms with van der Waals surface area (Å²) in [6.45, 7) is 1.72. The SMILES string of the molecule is COC(=O)CCCS(=O)(=O)N[C@@H](C)c1ccccc1Cl. The van der Waals surface area contributed by atoms with Gasteiger partial charge in [0.15, 0.2) is 0 Å². The van der Waals surface area contributed by atoms with E-state index in [1.54, 1.807) is 31.2 Å². The van der Waals surface area contributed by atoms with Crippen LogP contribution in [-0.2, 0) is 19.6 Å². The largest absolute Gasteiger partial charge is 0.469 e. The number of esters is 1. The molecule has 0 bridgehead atoms. The van der Waals surface area contributed by atoms with Gasteiger partial charge in [0.25, 0.3) is 0 Å². The van der Waals surface area contributed by atoms with Crippen molar-refractivity contribution in [1.82, 2.24) is 4.72 Å². The first-order valence-corrected chi connectivity index (χ1v) is 8.20. The lowest BCUT2D eigenvalue weighted by atomic mass is 10.1. The van der Waals surface area contributed by atoms with Crippen molar-refractivity contribution in [2.75, 3.05) is 12.9 Å². The van der Waals surface area contributed by atoms with Gasteiger partial charge >= 0.3 is 5.97 Å². The Morgan fingerprint density at radius 2 is 2.05 bits per heavy atom. The molecule has 0 saturated heterocycles. The Hall–Kier alpha value is -1.11. The number of sulfonamides is 1. The van der Waals surface area contributed by atoms with E-state index in [0.717, 1.165) is 0 Å². The van der Waals surface area contributed by atoms with Gasteiger partial charge in [0.05, 0.1) is 12.9 Å². The number of carbonyl (C=O) groups is 1. The van der Waals surface area contributed by atoms with Crippen molar-refractivity contribution in [2.24, 2.45) is 0 Å². The number of benzene rings is 1. The van der Waals surface area contributed by atoms with Gasteiger partial charge in [-0.1, -0.05) is 29.8 Å². The monoisotopic (exact) mass is 319 g/mol. The normalized spacial score (nSPS) is 12.9. The van der Waals surface area contributed by atoms with Gasteiger partial charge in [0.2, 0.25) is 10.0 Å². The van der Waals surface area contributed by atoms with Gasteiger partial charge in [-0.3, -0.25) is 4.79 Å². The predicted octanol–water partition coefficient (Wildman–Crippen LogP) is 2.27. The highest BCUT2D eigenvalue weighted by molar-refractivity contribution is 7.89. The zero-order valence-corrected chi connectivity index (χ0v) is 13.0. The second kappa shape index (κ2) is 7.61. The second-order valence-electron chi connectivity index (χ2n) is 4.36. The smallest absolute Gasteiger partial charge is 0.305 e. The molecule has 1 atom stereocenters. The summed E-state index contributed by atoms with van der Waals surface area (Å²) in [4.78, 5) is 10.9. The van der Waals surface area contributed by atoms with Crippen molar-refractivity contribution in [3.8, 4) is 0 Å². The van der Waals surface area contributed by atoms with Crippen LogP contribution >= 0.6 is 11.6 Å². The average molecular weight is 320 g/mol. The van der Waals surface area contributed by atoms with Crippen LogP contribution in [0.2, 0.25) is 5.02 Å². The van der Waals surface area contributed by atoms with Gasteiger partial charge in [-0.25, -0.2) is 13.1 Å². The first-order valence-electron chi connectivity index (χ1n) is 6.17. The number of carbonyl (C=O) groups excluding carboxylic acids is 1. The Balaban J connectivity index is 2.58. The molecule has 0 fully saturated rings. The lowest BCUT2D eigenvalue weighted by Gasteiger charge is -2.15. The Bertz CT molecular complexity index is 559. The molecule has 1 N–H and O–H groups in total. The summed E-state index contributed by atoms with van der Waals surface area (Å²) in [6.07, 6.45) is 0.301. The van der Waals surface area contributed by atoms with Crippen molar-refractivity contribution >= 4 is 27.6 Å². The molecular weight excluding hydrogens is 302 g/mol. The molecule has 0 aliphatic carbocycles. The Morgan fingerprint density at radius 1 is 1.40 bits per heavy atom. The maximum absolute atomic E-state index is 11.9. The molecule has 0 amide bonds. The van der Waals surface area contributed by atoms with Crippen LogP contribution in [0.3, 0.4) is 0 Å². The fraction of sp³-hybridized carbons (Fsp3) is 0.462. The number of hydrogen-bond acceptors (Lipinski definition) is 4. The molecule has 0 aliphatic rings. The van der Waals surface area contributed by atoms with Crippen molar-refractivity contribution in [3.05, 3.63) is 34.9 Å². The molecule has 1 aromatic rings. The molecule has 0 spiro atoms. The topological polar surface area (TPSA) is 72.5 Å². The fourth-order valence-electron chi connectivity index (χ4n) is 1.73. The first kappa shape index (κ1) is 16.9. The number of nitrogens with one attached hydrogen (secondary N) is 1. The third-order valence-electron chi connectivity index (χ3n) is 2.75. The molecular formula is C13H18ClNO4S. The van der Waals surface area contributed by atoms with Gasteiger partial charge in [-0.05, 0) is 25.0 Å². The molecule has 0 aliphatic heterocycles. The summed E-state index contributed by atoms with van der Waals surface area (Å²) in [6, 6.07) is 6.63. The molecule has 0 radical (unpaired) electrons. The van der Waals surface area contributed by atoms with E-state index in [1.165, 1.54) is 7.11 Å². The highest BCUT2D eigenvalue weighted by atomic mass is 35.5. The first-order chi connectivity index (χ1) is 9.35. The van der Waals surface area contributed by atoms with Crippen molar-refractivity contribution in [2.45, 2.75) is 25.8 Å². The summed E-state index contributed by atoms with van der Waals surface area (Å²) in [5.41, 5.74) is 0.714. The van der Waals surface area contributed by atoms with Gasteiger partial charge in [0.1, 0.15) is 0 Å². The van der Waals surface area contributed by atoms with Crippen molar-refractivity contribution in [1.29, 1.82) is 0 Å².